The maximum Gasteiger partial charge on any atom is 0.508 e. The van der Waals surface area contributed by atoms with E-state index in [0.29, 0.717) is 19.7 Å². The van der Waals surface area contributed by atoms with Gasteiger partial charge in [0, 0.05) is 19.6 Å². The maximum absolute atomic E-state index is 10.4. The normalized spacial score (nSPS) is 23.0. The molecule has 0 aromatic rings. The summed E-state index contributed by atoms with van der Waals surface area (Å²) in [6.45, 7) is 2.27. The highest BCUT2D eigenvalue weighted by Crippen LogP contribution is 2.03. The smallest absolute Gasteiger partial charge is 0.430 e. The fourth-order valence-corrected chi connectivity index (χ4v) is 0.831. The molecule has 1 aliphatic heterocycles. The van der Waals surface area contributed by atoms with Crippen molar-refractivity contribution in [2.45, 2.75) is 6.10 Å². The van der Waals surface area contributed by atoms with Crippen LogP contribution >= 0.6 is 0 Å². The molecule has 0 spiro atoms. The molecule has 5 heteroatoms. The first-order valence-corrected chi connectivity index (χ1v) is 3.57. The molecular formula is C6H12N2O3. The van der Waals surface area contributed by atoms with Gasteiger partial charge in [0.05, 0.1) is 0 Å². The zero-order valence-corrected chi connectivity index (χ0v) is 6.21. The molecule has 0 aliphatic carbocycles. The lowest BCUT2D eigenvalue weighted by molar-refractivity contribution is 0.118. The Hall–Kier alpha value is -0.810. The predicted octanol–water partition coefficient (Wildman–Crippen LogP) is -0.930. The summed E-state index contributed by atoms with van der Waals surface area (Å²) >= 11 is 0. The molecule has 0 aromatic heterocycles. The maximum atomic E-state index is 10.4. The Balaban J connectivity index is 2.04. The molecule has 0 bridgehead atoms. The minimum absolute atomic E-state index is 0.144. The summed E-state index contributed by atoms with van der Waals surface area (Å²) in [7, 11) is 0. The second kappa shape index (κ2) is 4.15. The molecule has 1 aliphatic rings. The summed E-state index contributed by atoms with van der Waals surface area (Å²) in [4.78, 5) is 10.4. The topological polar surface area (TPSA) is 73.6 Å². The molecule has 1 atom stereocenters. The fourth-order valence-electron chi connectivity index (χ4n) is 0.831. The van der Waals surface area contributed by atoms with Crippen LogP contribution in [-0.2, 0) is 9.47 Å². The van der Waals surface area contributed by atoms with Crippen molar-refractivity contribution in [3.63, 3.8) is 0 Å². The van der Waals surface area contributed by atoms with Gasteiger partial charge in [0.25, 0.3) is 0 Å². The number of cyclic esters (lactones) is 2. The highest BCUT2D eigenvalue weighted by molar-refractivity contribution is 5.61. The zero-order valence-electron chi connectivity index (χ0n) is 6.21. The van der Waals surface area contributed by atoms with E-state index in [2.05, 4.69) is 10.1 Å². The lowest BCUT2D eigenvalue weighted by atomic mass is 10.4. The van der Waals surface area contributed by atoms with Gasteiger partial charge < -0.3 is 20.5 Å². The second-order valence-electron chi connectivity index (χ2n) is 2.29. The number of nitrogens with two attached hydrogens (primary N) is 1. The van der Waals surface area contributed by atoms with Crippen LogP contribution in [0.15, 0.2) is 0 Å². The van der Waals surface area contributed by atoms with Crippen molar-refractivity contribution in [1.82, 2.24) is 5.32 Å². The van der Waals surface area contributed by atoms with Gasteiger partial charge in [-0.05, 0) is 0 Å². The van der Waals surface area contributed by atoms with Crippen molar-refractivity contribution in [2.75, 3.05) is 26.2 Å². The summed E-state index contributed by atoms with van der Waals surface area (Å²) in [5, 5.41) is 3.02. The quantitative estimate of drug-likeness (QED) is 0.410. The molecule has 64 valence electrons. The predicted molar refractivity (Wildman–Crippen MR) is 38.1 cm³/mol. The van der Waals surface area contributed by atoms with Crippen molar-refractivity contribution < 1.29 is 14.3 Å². The third-order valence-electron chi connectivity index (χ3n) is 1.34. The number of carbonyl (C=O) groups excluding carboxylic acids is 1. The zero-order chi connectivity index (χ0) is 8.10. The average Bonchev–Trinajstić information content (AvgIpc) is 2.37. The fraction of sp³-hybridized carbons (Fsp3) is 0.833. The Bertz CT molecular complexity index is 140. The monoisotopic (exact) mass is 160 g/mol. The molecule has 3 N–H and O–H groups in total. The first-order chi connectivity index (χ1) is 5.33. The van der Waals surface area contributed by atoms with Gasteiger partial charge in [-0.1, -0.05) is 0 Å². The van der Waals surface area contributed by atoms with Gasteiger partial charge in [-0.2, -0.15) is 0 Å². The van der Waals surface area contributed by atoms with E-state index in [1.807, 2.05) is 0 Å². The van der Waals surface area contributed by atoms with Crippen molar-refractivity contribution >= 4 is 6.16 Å². The molecule has 1 unspecified atom stereocenters. The van der Waals surface area contributed by atoms with E-state index in [-0.39, 0.29) is 6.10 Å². The first-order valence-electron chi connectivity index (χ1n) is 3.57. The highest BCUT2D eigenvalue weighted by Gasteiger charge is 2.23. The third kappa shape index (κ3) is 2.73. The van der Waals surface area contributed by atoms with Crippen molar-refractivity contribution in [3.05, 3.63) is 0 Å². The van der Waals surface area contributed by atoms with Crippen LogP contribution < -0.4 is 11.1 Å². The second-order valence-corrected chi connectivity index (χ2v) is 2.29. The largest absolute Gasteiger partial charge is 0.508 e. The SMILES string of the molecule is NCCNCC1COC(=O)O1. The minimum atomic E-state index is -0.579. The van der Waals surface area contributed by atoms with Gasteiger partial charge in [0.15, 0.2) is 6.10 Å². The molecule has 11 heavy (non-hydrogen) atoms. The minimum Gasteiger partial charge on any atom is -0.430 e. The van der Waals surface area contributed by atoms with Crippen molar-refractivity contribution in [1.29, 1.82) is 0 Å². The summed E-state index contributed by atoms with van der Waals surface area (Å²) < 4.78 is 9.31. The standard InChI is InChI=1S/C6H12N2O3/c7-1-2-8-3-5-4-10-6(9)11-5/h5,8H,1-4,7H2. The molecule has 0 aromatic carbocycles. The summed E-state index contributed by atoms with van der Waals surface area (Å²) in [5.41, 5.74) is 5.24. The number of nitrogens with one attached hydrogen (secondary N) is 1. The molecule has 5 nitrogen and oxygen atoms in total. The third-order valence-corrected chi connectivity index (χ3v) is 1.34. The first kappa shape index (κ1) is 8.29. The van der Waals surface area contributed by atoms with Crippen LogP contribution in [-0.4, -0.2) is 38.5 Å². The van der Waals surface area contributed by atoms with Gasteiger partial charge >= 0.3 is 6.16 Å². The molecule has 0 saturated carbocycles. The van der Waals surface area contributed by atoms with Crippen LogP contribution in [0.4, 0.5) is 4.79 Å². The molecule has 0 radical (unpaired) electrons. The van der Waals surface area contributed by atoms with Gasteiger partial charge in [0.1, 0.15) is 6.61 Å². The number of carbonyl (C=O) groups is 1. The lowest BCUT2D eigenvalue weighted by Crippen LogP contribution is -2.32. The Kier molecular flexibility index (Phi) is 3.13. The van der Waals surface area contributed by atoms with Gasteiger partial charge in [-0.3, -0.25) is 0 Å². The Morgan fingerprint density at radius 3 is 3.09 bits per heavy atom. The van der Waals surface area contributed by atoms with E-state index in [9.17, 15) is 4.79 Å². The Labute approximate surface area is 64.8 Å². The van der Waals surface area contributed by atoms with Crippen molar-refractivity contribution in [3.8, 4) is 0 Å². The van der Waals surface area contributed by atoms with Gasteiger partial charge in [-0.25, -0.2) is 4.79 Å². The van der Waals surface area contributed by atoms with Crippen LogP contribution in [0.25, 0.3) is 0 Å². The summed E-state index contributed by atoms with van der Waals surface area (Å²) in [6.07, 6.45) is -0.724. The molecule has 1 heterocycles. The van der Waals surface area contributed by atoms with E-state index >= 15 is 0 Å². The van der Waals surface area contributed by atoms with E-state index in [1.54, 1.807) is 0 Å². The number of ether oxygens (including phenoxy) is 2. The molecule has 1 saturated heterocycles. The van der Waals surface area contributed by atoms with E-state index in [0.717, 1.165) is 6.54 Å². The lowest BCUT2D eigenvalue weighted by Gasteiger charge is -2.05. The van der Waals surface area contributed by atoms with Crippen LogP contribution in [0.5, 0.6) is 0 Å². The Morgan fingerprint density at radius 1 is 1.73 bits per heavy atom. The van der Waals surface area contributed by atoms with E-state index in [1.165, 1.54) is 0 Å². The van der Waals surface area contributed by atoms with E-state index < -0.39 is 6.16 Å². The summed E-state index contributed by atoms with van der Waals surface area (Å²) in [5.74, 6) is 0. The molecular weight excluding hydrogens is 148 g/mol. The average molecular weight is 160 g/mol. The van der Waals surface area contributed by atoms with Crippen LogP contribution in [0.1, 0.15) is 0 Å². The van der Waals surface area contributed by atoms with Crippen molar-refractivity contribution in [2.24, 2.45) is 5.73 Å². The number of hydrogen-bond donors (Lipinski definition) is 2. The number of rotatable bonds is 4. The van der Waals surface area contributed by atoms with Crippen LogP contribution in [0.3, 0.4) is 0 Å². The van der Waals surface area contributed by atoms with Crippen LogP contribution in [0, 0.1) is 0 Å². The molecule has 0 amide bonds. The highest BCUT2D eigenvalue weighted by atomic mass is 16.8. The Morgan fingerprint density at radius 2 is 2.55 bits per heavy atom. The molecule has 1 rings (SSSR count). The summed E-state index contributed by atoms with van der Waals surface area (Å²) in [6, 6.07) is 0. The van der Waals surface area contributed by atoms with Crippen LogP contribution in [0.2, 0.25) is 0 Å². The van der Waals surface area contributed by atoms with E-state index in [4.69, 9.17) is 10.5 Å². The number of hydrogen-bond acceptors (Lipinski definition) is 5. The van der Waals surface area contributed by atoms with Gasteiger partial charge in [0.2, 0.25) is 0 Å². The molecule has 1 fully saturated rings. The van der Waals surface area contributed by atoms with Gasteiger partial charge in [-0.15, -0.1) is 0 Å².